The Kier molecular flexibility index (Phi) is 4.89. The summed E-state index contributed by atoms with van der Waals surface area (Å²) in [6, 6.07) is 40.0. The first-order valence-electron chi connectivity index (χ1n) is 12.7. The van der Waals surface area contributed by atoms with E-state index >= 15 is 0 Å². The highest BCUT2D eigenvalue weighted by molar-refractivity contribution is 6.21. The fourth-order valence-corrected chi connectivity index (χ4v) is 5.75. The SMILES string of the molecule is CC1=CCC(c2cccc(-c3ccc4c(c3)c3c5ccccc5ccc3n4-c3ccccc3)c2)C=C1. The van der Waals surface area contributed by atoms with E-state index in [1.54, 1.807) is 0 Å². The summed E-state index contributed by atoms with van der Waals surface area (Å²) in [6.07, 6.45) is 8.00. The summed E-state index contributed by atoms with van der Waals surface area (Å²) in [7, 11) is 0. The number of nitrogens with zero attached hydrogens (tertiary/aromatic N) is 1. The van der Waals surface area contributed by atoms with Gasteiger partial charge in [0.25, 0.3) is 0 Å². The molecule has 0 bridgehead atoms. The highest BCUT2D eigenvalue weighted by Crippen LogP contribution is 2.39. The number of para-hydroxylation sites is 1. The summed E-state index contributed by atoms with van der Waals surface area (Å²) >= 11 is 0. The minimum absolute atomic E-state index is 0.446. The summed E-state index contributed by atoms with van der Waals surface area (Å²) in [5.74, 6) is 0.446. The van der Waals surface area contributed by atoms with E-state index in [2.05, 4.69) is 139 Å². The molecule has 0 fully saturated rings. The highest BCUT2D eigenvalue weighted by Gasteiger charge is 2.16. The lowest BCUT2D eigenvalue weighted by Crippen LogP contribution is -1.98. The molecular formula is C35H27N. The van der Waals surface area contributed by atoms with Crippen LogP contribution in [-0.2, 0) is 0 Å². The summed E-state index contributed by atoms with van der Waals surface area (Å²) in [5, 5.41) is 5.19. The Morgan fingerprint density at radius 3 is 2.33 bits per heavy atom. The minimum atomic E-state index is 0.446. The van der Waals surface area contributed by atoms with E-state index in [9.17, 15) is 0 Å². The Morgan fingerprint density at radius 1 is 0.667 bits per heavy atom. The van der Waals surface area contributed by atoms with E-state index in [1.165, 1.54) is 60.5 Å². The molecule has 1 heteroatoms. The van der Waals surface area contributed by atoms with Gasteiger partial charge in [0.15, 0.2) is 0 Å². The molecule has 1 atom stereocenters. The van der Waals surface area contributed by atoms with Gasteiger partial charge in [-0.15, -0.1) is 0 Å². The average Bonchev–Trinajstić information content (AvgIpc) is 3.28. The van der Waals surface area contributed by atoms with E-state index in [0.29, 0.717) is 5.92 Å². The predicted octanol–water partition coefficient (Wildman–Crippen LogP) is 9.59. The van der Waals surface area contributed by atoms with Crippen LogP contribution in [0.3, 0.4) is 0 Å². The van der Waals surface area contributed by atoms with Gasteiger partial charge in [-0.3, -0.25) is 0 Å². The molecule has 6 aromatic rings. The van der Waals surface area contributed by atoms with Gasteiger partial charge < -0.3 is 4.57 Å². The molecule has 1 aromatic heterocycles. The number of fused-ring (bicyclic) bond motifs is 5. The molecule has 1 heterocycles. The third-order valence-electron chi connectivity index (χ3n) is 7.60. The van der Waals surface area contributed by atoms with Crippen molar-refractivity contribution in [3.8, 4) is 16.8 Å². The Bertz CT molecular complexity index is 1810. The predicted molar refractivity (Wildman–Crippen MR) is 154 cm³/mol. The van der Waals surface area contributed by atoms with Gasteiger partial charge in [0.05, 0.1) is 11.0 Å². The maximum atomic E-state index is 2.40. The number of benzene rings is 5. The Hall–Kier alpha value is -4.36. The molecule has 36 heavy (non-hydrogen) atoms. The molecule has 172 valence electrons. The highest BCUT2D eigenvalue weighted by atomic mass is 15.0. The zero-order chi connectivity index (χ0) is 24.1. The minimum Gasteiger partial charge on any atom is -0.309 e. The zero-order valence-electron chi connectivity index (χ0n) is 20.4. The van der Waals surface area contributed by atoms with E-state index in [0.717, 1.165) is 6.42 Å². The normalized spacial score (nSPS) is 15.6. The van der Waals surface area contributed by atoms with Gasteiger partial charge in [0, 0.05) is 22.4 Å². The lowest BCUT2D eigenvalue weighted by molar-refractivity contribution is 0.845. The molecular weight excluding hydrogens is 434 g/mol. The van der Waals surface area contributed by atoms with Gasteiger partial charge in [0.2, 0.25) is 0 Å². The van der Waals surface area contributed by atoms with Crippen molar-refractivity contribution < 1.29 is 0 Å². The van der Waals surface area contributed by atoms with Crippen molar-refractivity contribution in [3.63, 3.8) is 0 Å². The topological polar surface area (TPSA) is 4.93 Å². The molecule has 7 rings (SSSR count). The van der Waals surface area contributed by atoms with Gasteiger partial charge in [-0.25, -0.2) is 0 Å². The number of allylic oxidation sites excluding steroid dienone is 4. The van der Waals surface area contributed by atoms with Crippen LogP contribution in [0.25, 0.3) is 49.4 Å². The Balaban J connectivity index is 1.46. The molecule has 1 nitrogen and oxygen atoms in total. The smallest absolute Gasteiger partial charge is 0.0547 e. The molecule has 0 saturated carbocycles. The Labute approximate surface area is 211 Å². The average molecular weight is 462 g/mol. The lowest BCUT2D eigenvalue weighted by atomic mass is 9.88. The zero-order valence-corrected chi connectivity index (χ0v) is 20.4. The molecule has 5 aromatic carbocycles. The molecule has 0 aliphatic heterocycles. The van der Waals surface area contributed by atoms with E-state index in [-0.39, 0.29) is 0 Å². The largest absolute Gasteiger partial charge is 0.309 e. The maximum absolute atomic E-state index is 2.40. The van der Waals surface area contributed by atoms with Crippen LogP contribution in [0.4, 0.5) is 0 Å². The fourth-order valence-electron chi connectivity index (χ4n) is 5.75. The van der Waals surface area contributed by atoms with Gasteiger partial charge in [0.1, 0.15) is 0 Å². The first-order chi connectivity index (χ1) is 17.8. The summed E-state index contributed by atoms with van der Waals surface area (Å²) in [4.78, 5) is 0. The van der Waals surface area contributed by atoms with Crippen molar-refractivity contribution in [2.24, 2.45) is 0 Å². The summed E-state index contributed by atoms with van der Waals surface area (Å²) in [5.41, 5.74) is 8.94. The van der Waals surface area contributed by atoms with E-state index in [1.807, 2.05) is 0 Å². The molecule has 1 aliphatic rings. The monoisotopic (exact) mass is 461 g/mol. The van der Waals surface area contributed by atoms with Crippen molar-refractivity contribution in [3.05, 3.63) is 139 Å². The van der Waals surface area contributed by atoms with Crippen LogP contribution in [0.5, 0.6) is 0 Å². The molecule has 0 radical (unpaired) electrons. The molecule has 0 spiro atoms. The number of rotatable bonds is 3. The standard InChI is InChI=1S/C35H27N/c1-24-14-16-25(17-15-24)27-9-7-10-28(22-27)29-19-20-33-32(23-29)35-31-13-6-5-8-26(31)18-21-34(35)36(33)30-11-3-2-4-12-30/h2-16,18-23,25H,17H2,1H3. The second-order valence-electron chi connectivity index (χ2n) is 9.86. The van der Waals surface area contributed by atoms with Crippen molar-refractivity contribution in [1.29, 1.82) is 0 Å². The number of hydrogen-bond donors (Lipinski definition) is 0. The van der Waals surface area contributed by atoms with E-state index in [4.69, 9.17) is 0 Å². The Morgan fingerprint density at radius 2 is 1.47 bits per heavy atom. The van der Waals surface area contributed by atoms with Gasteiger partial charge in [-0.2, -0.15) is 0 Å². The van der Waals surface area contributed by atoms with Gasteiger partial charge >= 0.3 is 0 Å². The van der Waals surface area contributed by atoms with Crippen LogP contribution in [0, 0.1) is 0 Å². The fraction of sp³-hybridized carbons (Fsp3) is 0.0857. The van der Waals surface area contributed by atoms with Crippen LogP contribution in [0.2, 0.25) is 0 Å². The number of hydrogen-bond acceptors (Lipinski definition) is 0. The third-order valence-corrected chi connectivity index (χ3v) is 7.60. The second kappa shape index (κ2) is 8.39. The van der Waals surface area contributed by atoms with Gasteiger partial charge in [-0.05, 0) is 71.1 Å². The van der Waals surface area contributed by atoms with Gasteiger partial charge in [-0.1, -0.05) is 103 Å². The van der Waals surface area contributed by atoms with Crippen LogP contribution < -0.4 is 0 Å². The summed E-state index contributed by atoms with van der Waals surface area (Å²) < 4.78 is 2.40. The summed E-state index contributed by atoms with van der Waals surface area (Å²) in [6.45, 7) is 2.17. The lowest BCUT2D eigenvalue weighted by Gasteiger charge is -2.16. The van der Waals surface area contributed by atoms with Crippen molar-refractivity contribution in [2.45, 2.75) is 19.3 Å². The molecule has 0 N–H and O–H groups in total. The second-order valence-corrected chi connectivity index (χ2v) is 9.86. The third kappa shape index (κ3) is 3.39. The van der Waals surface area contributed by atoms with Crippen LogP contribution >= 0.6 is 0 Å². The molecule has 1 unspecified atom stereocenters. The van der Waals surface area contributed by atoms with Crippen LogP contribution in [-0.4, -0.2) is 4.57 Å². The molecule has 0 amide bonds. The quantitative estimate of drug-likeness (QED) is 0.247. The van der Waals surface area contributed by atoms with Crippen LogP contribution in [0.15, 0.2) is 133 Å². The first kappa shape index (κ1) is 21.0. The van der Waals surface area contributed by atoms with Crippen LogP contribution in [0.1, 0.15) is 24.8 Å². The molecule has 0 saturated heterocycles. The van der Waals surface area contributed by atoms with Crippen molar-refractivity contribution in [1.82, 2.24) is 4.57 Å². The van der Waals surface area contributed by atoms with Crippen molar-refractivity contribution in [2.75, 3.05) is 0 Å². The number of aromatic nitrogens is 1. The maximum Gasteiger partial charge on any atom is 0.0547 e. The van der Waals surface area contributed by atoms with E-state index < -0.39 is 0 Å². The van der Waals surface area contributed by atoms with Crippen molar-refractivity contribution >= 4 is 32.6 Å². The first-order valence-corrected chi connectivity index (χ1v) is 12.7. The molecule has 1 aliphatic carbocycles.